The molecule has 1 N–H and O–H groups in total. The number of carbonyl (C=O) groups excluding carboxylic acids is 1. The quantitative estimate of drug-likeness (QED) is 0.913. The maximum absolute atomic E-state index is 12.9. The number of hydrogen-bond acceptors (Lipinski definition) is 5. The summed E-state index contributed by atoms with van der Waals surface area (Å²) in [5, 5.41) is 13.1. The second-order valence-corrected chi connectivity index (χ2v) is 6.98. The van der Waals surface area contributed by atoms with Crippen molar-refractivity contribution in [2.45, 2.75) is 38.8 Å². The number of rotatable bonds is 5. The van der Waals surface area contributed by atoms with E-state index in [4.69, 9.17) is 0 Å². The molecule has 0 aliphatic carbocycles. The van der Waals surface area contributed by atoms with E-state index in [1.165, 1.54) is 23.5 Å². The molecule has 1 fully saturated rings. The monoisotopic (exact) mass is 334 g/mol. The van der Waals surface area contributed by atoms with Crippen LogP contribution in [0.4, 0.5) is 9.52 Å². The standard InChI is InChI=1S/C16H19FN4OS/c1-10(2)14-19-20-16(23-14)18-13-7-8-21(15(13)22)9-11-3-5-12(17)6-4-11/h3-6,10,13H,7-9H2,1-2H3,(H,18,20)/t13-/m0/s1. The van der Waals surface area contributed by atoms with Crippen LogP contribution in [0.25, 0.3) is 0 Å². The van der Waals surface area contributed by atoms with E-state index in [0.29, 0.717) is 24.1 Å². The van der Waals surface area contributed by atoms with E-state index in [1.807, 2.05) is 0 Å². The molecule has 1 saturated heterocycles. The van der Waals surface area contributed by atoms with E-state index in [0.717, 1.165) is 17.0 Å². The van der Waals surface area contributed by atoms with Crippen LogP contribution in [0.3, 0.4) is 0 Å². The molecule has 0 saturated carbocycles. The molecule has 1 atom stereocenters. The molecule has 1 amide bonds. The Hall–Kier alpha value is -2.02. The highest BCUT2D eigenvalue weighted by Gasteiger charge is 2.32. The molecule has 0 spiro atoms. The Balaban J connectivity index is 1.60. The molecule has 0 radical (unpaired) electrons. The number of benzene rings is 1. The van der Waals surface area contributed by atoms with Gasteiger partial charge < -0.3 is 10.2 Å². The molecule has 3 rings (SSSR count). The van der Waals surface area contributed by atoms with E-state index >= 15 is 0 Å². The van der Waals surface area contributed by atoms with Crippen molar-refractivity contribution in [3.63, 3.8) is 0 Å². The van der Waals surface area contributed by atoms with Gasteiger partial charge in [-0.15, -0.1) is 10.2 Å². The predicted molar refractivity (Wildman–Crippen MR) is 87.8 cm³/mol. The van der Waals surface area contributed by atoms with Crippen molar-refractivity contribution in [3.8, 4) is 0 Å². The lowest BCUT2D eigenvalue weighted by molar-refractivity contribution is -0.128. The summed E-state index contributed by atoms with van der Waals surface area (Å²) in [6.45, 7) is 5.32. The summed E-state index contributed by atoms with van der Waals surface area (Å²) >= 11 is 1.49. The molecular formula is C16H19FN4OS. The highest BCUT2D eigenvalue weighted by atomic mass is 32.1. The number of nitrogens with one attached hydrogen (secondary N) is 1. The van der Waals surface area contributed by atoms with Gasteiger partial charge in [0.05, 0.1) is 0 Å². The van der Waals surface area contributed by atoms with E-state index < -0.39 is 0 Å². The van der Waals surface area contributed by atoms with Gasteiger partial charge in [-0.25, -0.2) is 4.39 Å². The van der Waals surface area contributed by atoms with Crippen LogP contribution >= 0.6 is 11.3 Å². The van der Waals surface area contributed by atoms with Gasteiger partial charge in [-0.2, -0.15) is 0 Å². The SMILES string of the molecule is CC(C)c1nnc(N[C@H]2CCN(Cc3ccc(F)cc3)C2=O)s1. The van der Waals surface area contributed by atoms with Crippen molar-refractivity contribution in [2.24, 2.45) is 0 Å². The lowest BCUT2D eigenvalue weighted by atomic mass is 10.2. The fourth-order valence-electron chi connectivity index (χ4n) is 2.52. The zero-order valence-electron chi connectivity index (χ0n) is 13.1. The third-order valence-corrected chi connectivity index (χ3v) is 4.97. The van der Waals surface area contributed by atoms with Crippen molar-refractivity contribution in [2.75, 3.05) is 11.9 Å². The van der Waals surface area contributed by atoms with Gasteiger partial charge in [-0.1, -0.05) is 37.3 Å². The van der Waals surface area contributed by atoms with Crippen molar-refractivity contribution >= 4 is 22.4 Å². The molecule has 0 unspecified atom stereocenters. The van der Waals surface area contributed by atoms with Crippen molar-refractivity contribution < 1.29 is 9.18 Å². The number of amides is 1. The van der Waals surface area contributed by atoms with Gasteiger partial charge >= 0.3 is 0 Å². The van der Waals surface area contributed by atoms with Crippen molar-refractivity contribution in [1.82, 2.24) is 15.1 Å². The Bertz CT molecular complexity index is 686. The lowest BCUT2D eigenvalue weighted by Crippen LogP contribution is -2.33. The van der Waals surface area contributed by atoms with Crippen LogP contribution in [-0.2, 0) is 11.3 Å². The number of hydrogen-bond donors (Lipinski definition) is 1. The fourth-order valence-corrected chi connectivity index (χ4v) is 3.31. The van der Waals surface area contributed by atoms with Crippen LogP contribution in [0, 0.1) is 5.82 Å². The van der Waals surface area contributed by atoms with Crippen LogP contribution in [-0.4, -0.2) is 33.6 Å². The number of aromatic nitrogens is 2. The normalized spacial score (nSPS) is 18.0. The maximum Gasteiger partial charge on any atom is 0.245 e. The summed E-state index contributed by atoms with van der Waals surface area (Å²) < 4.78 is 12.9. The van der Waals surface area contributed by atoms with E-state index in [2.05, 4.69) is 29.4 Å². The van der Waals surface area contributed by atoms with Gasteiger partial charge in [0.15, 0.2) is 0 Å². The predicted octanol–water partition coefficient (Wildman–Crippen LogP) is 3.01. The third-order valence-electron chi connectivity index (χ3n) is 3.82. The fraction of sp³-hybridized carbons (Fsp3) is 0.438. The average molecular weight is 334 g/mol. The van der Waals surface area contributed by atoms with E-state index in [-0.39, 0.29) is 17.8 Å². The first kappa shape index (κ1) is 15.9. The number of likely N-dealkylation sites (tertiary alicyclic amines) is 1. The number of halogens is 1. The minimum atomic E-state index is -0.265. The minimum Gasteiger partial charge on any atom is -0.348 e. The first-order chi connectivity index (χ1) is 11.0. The van der Waals surface area contributed by atoms with Crippen LogP contribution in [0.2, 0.25) is 0 Å². The Kier molecular flexibility index (Phi) is 4.56. The van der Waals surface area contributed by atoms with Gasteiger partial charge in [0.25, 0.3) is 0 Å². The zero-order valence-corrected chi connectivity index (χ0v) is 13.9. The van der Waals surface area contributed by atoms with Gasteiger partial charge in [-0.05, 0) is 24.1 Å². The van der Waals surface area contributed by atoms with E-state index in [9.17, 15) is 9.18 Å². The summed E-state index contributed by atoms with van der Waals surface area (Å²) in [5.41, 5.74) is 0.929. The third kappa shape index (κ3) is 3.67. The number of anilines is 1. The van der Waals surface area contributed by atoms with Crippen molar-refractivity contribution in [3.05, 3.63) is 40.7 Å². The first-order valence-electron chi connectivity index (χ1n) is 7.66. The topological polar surface area (TPSA) is 58.1 Å². The summed E-state index contributed by atoms with van der Waals surface area (Å²) in [7, 11) is 0. The molecular weight excluding hydrogens is 315 g/mol. The Morgan fingerprint density at radius 2 is 2.09 bits per heavy atom. The molecule has 2 aromatic rings. The smallest absolute Gasteiger partial charge is 0.245 e. The van der Waals surface area contributed by atoms with Gasteiger partial charge in [0, 0.05) is 19.0 Å². The maximum atomic E-state index is 12.9. The Morgan fingerprint density at radius 3 is 2.74 bits per heavy atom. The molecule has 1 aromatic heterocycles. The van der Waals surface area contributed by atoms with Crippen molar-refractivity contribution in [1.29, 1.82) is 0 Å². The largest absolute Gasteiger partial charge is 0.348 e. The van der Waals surface area contributed by atoms with Crippen LogP contribution in [0.15, 0.2) is 24.3 Å². The number of nitrogens with zero attached hydrogens (tertiary/aromatic N) is 3. The highest BCUT2D eigenvalue weighted by Crippen LogP contribution is 2.25. The second-order valence-electron chi connectivity index (χ2n) is 5.97. The minimum absolute atomic E-state index is 0.0515. The lowest BCUT2D eigenvalue weighted by Gasteiger charge is -2.17. The Morgan fingerprint density at radius 1 is 1.35 bits per heavy atom. The second kappa shape index (κ2) is 6.62. The van der Waals surface area contributed by atoms with Crippen LogP contribution in [0.1, 0.15) is 36.8 Å². The molecule has 0 bridgehead atoms. The summed E-state index contributed by atoms with van der Waals surface area (Å²) in [6.07, 6.45) is 0.733. The average Bonchev–Trinajstić information content (AvgIpc) is 3.12. The summed E-state index contributed by atoms with van der Waals surface area (Å²) in [6, 6.07) is 6.00. The molecule has 2 heterocycles. The van der Waals surface area contributed by atoms with Crippen LogP contribution < -0.4 is 5.32 Å². The zero-order chi connectivity index (χ0) is 16.4. The van der Waals surface area contributed by atoms with Gasteiger partial charge in [0.2, 0.25) is 11.0 Å². The molecule has 7 heteroatoms. The molecule has 1 aliphatic rings. The van der Waals surface area contributed by atoms with Gasteiger partial charge in [-0.3, -0.25) is 4.79 Å². The summed E-state index contributed by atoms with van der Waals surface area (Å²) in [4.78, 5) is 14.3. The van der Waals surface area contributed by atoms with E-state index in [1.54, 1.807) is 17.0 Å². The highest BCUT2D eigenvalue weighted by molar-refractivity contribution is 7.15. The molecule has 5 nitrogen and oxygen atoms in total. The Labute approximate surface area is 138 Å². The summed E-state index contributed by atoms with van der Waals surface area (Å²) in [5.74, 6) is 0.117. The molecule has 122 valence electrons. The van der Waals surface area contributed by atoms with Gasteiger partial charge in [0.1, 0.15) is 16.9 Å². The number of carbonyl (C=O) groups is 1. The molecule has 1 aromatic carbocycles. The molecule has 1 aliphatic heterocycles. The molecule has 23 heavy (non-hydrogen) atoms. The van der Waals surface area contributed by atoms with Crippen LogP contribution in [0.5, 0.6) is 0 Å². The first-order valence-corrected chi connectivity index (χ1v) is 8.48.